The lowest BCUT2D eigenvalue weighted by Crippen LogP contribution is -2.48. The predicted octanol–water partition coefficient (Wildman–Crippen LogP) is 3.79. The molecular weight excluding hydrogens is 336 g/mol. The Bertz CT molecular complexity index is 768. The molecule has 1 N–H and O–H groups in total. The molecule has 0 aliphatic carbocycles. The van der Waals surface area contributed by atoms with Gasteiger partial charge in [-0.1, -0.05) is 66.6 Å². The Morgan fingerprint density at radius 1 is 1.00 bits per heavy atom. The van der Waals surface area contributed by atoms with E-state index in [-0.39, 0.29) is 11.8 Å². The van der Waals surface area contributed by atoms with Gasteiger partial charge in [0.1, 0.15) is 6.04 Å². The van der Waals surface area contributed by atoms with Crippen molar-refractivity contribution in [2.75, 3.05) is 6.54 Å². The van der Waals surface area contributed by atoms with Crippen LogP contribution in [0.5, 0.6) is 0 Å². The smallest absolute Gasteiger partial charge is 0.242 e. The molecule has 0 radical (unpaired) electrons. The minimum Gasteiger partial charge on any atom is -0.354 e. The summed E-state index contributed by atoms with van der Waals surface area (Å²) >= 11 is 0. The molecule has 2 amide bonds. The van der Waals surface area contributed by atoms with Crippen LogP contribution < -0.4 is 5.32 Å². The monoisotopic (exact) mass is 366 g/mol. The van der Waals surface area contributed by atoms with Crippen LogP contribution in [-0.2, 0) is 22.6 Å². The summed E-state index contributed by atoms with van der Waals surface area (Å²) in [5.74, 6) is -0.151. The molecule has 27 heavy (non-hydrogen) atoms. The Kier molecular flexibility index (Phi) is 7.59. The number of aryl methyl sites for hydroxylation is 2. The van der Waals surface area contributed by atoms with Gasteiger partial charge in [0.25, 0.3) is 0 Å². The number of amides is 2. The van der Waals surface area contributed by atoms with Crippen molar-refractivity contribution in [1.29, 1.82) is 0 Å². The maximum Gasteiger partial charge on any atom is 0.242 e. The average Bonchev–Trinajstić information content (AvgIpc) is 2.65. The SMILES string of the molecule is CCCNC(=O)[C@H](C)N(Cc1ccc(C)cc1)C(=O)Cc1cccc(C)c1. The average molecular weight is 367 g/mol. The molecule has 0 aliphatic rings. The van der Waals surface area contributed by atoms with Gasteiger partial charge >= 0.3 is 0 Å². The molecule has 0 aliphatic heterocycles. The Labute approximate surface area is 162 Å². The molecule has 4 nitrogen and oxygen atoms in total. The van der Waals surface area contributed by atoms with Crippen molar-refractivity contribution >= 4 is 11.8 Å². The van der Waals surface area contributed by atoms with Crippen molar-refractivity contribution in [3.63, 3.8) is 0 Å². The molecule has 0 bridgehead atoms. The van der Waals surface area contributed by atoms with Crippen molar-refractivity contribution in [3.8, 4) is 0 Å². The first-order valence-electron chi connectivity index (χ1n) is 9.59. The zero-order valence-corrected chi connectivity index (χ0v) is 16.8. The summed E-state index contributed by atoms with van der Waals surface area (Å²) in [7, 11) is 0. The number of carbonyl (C=O) groups excluding carboxylic acids is 2. The van der Waals surface area contributed by atoms with Crippen LogP contribution in [0.1, 0.15) is 42.5 Å². The van der Waals surface area contributed by atoms with Crippen LogP contribution in [0.15, 0.2) is 48.5 Å². The van der Waals surface area contributed by atoms with Crippen LogP contribution >= 0.6 is 0 Å². The number of benzene rings is 2. The fourth-order valence-corrected chi connectivity index (χ4v) is 2.97. The van der Waals surface area contributed by atoms with Crippen molar-refractivity contribution in [3.05, 3.63) is 70.8 Å². The molecule has 1 atom stereocenters. The van der Waals surface area contributed by atoms with Gasteiger partial charge in [-0.2, -0.15) is 0 Å². The molecule has 0 fully saturated rings. The molecule has 144 valence electrons. The molecule has 0 saturated heterocycles. The van der Waals surface area contributed by atoms with E-state index in [9.17, 15) is 9.59 Å². The zero-order chi connectivity index (χ0) is 19.8. The minimum atomic E-state index is -0.518. The highest BCUT2D eigenvalue weighted by molar-refractivity contribution is 5.88. The van der Waals surface area contributed by atoms with Gasteiger partial charge in [-0.3, -0.25) is 9.59 Å². The van der Waals surface area contributed by atoms with Crippen LogP contribution in [-0.4, -0.2) is 29.3 Å². The van der Waals surface area contributed by atoms with E-state index in [4.69, 9.17) is 0 Å². The van der Waals surface area contributed by atoms with Crippen LogP contribution in [0, 0.1) is 13.8 Å². The molecule has 0 heterocycles. The fraction of sp³-hybridized carbons (Fsp3) is 0.391. The summed E-state index contributed by atoms with van der Waals surface area (Å²) < 4.78 is 0. The maximum absolute atomic E-state index is 13.1. The predicted molar refractivity (Wildman–Crippen MR) is 109 cm³/mol. The summed E-state index contributed by atoms with van der Waals surface area (Å²) in [4.78, 5) is 27.2. The van der Waals surface area contributed by atoms with Crippen molar-refractivity contribution in [1.82, 2.24) is 10.2 Å². The largest absolute Gasteiger partial charge is 0.354 e. The van der Waals surface area contributed by atoms with Crippen LogP contribution in [0.3, 0.4) is 0 Å². The minimum absolute atomic E-state index is 0.0414. The second-order valence-corrected chi connectivity index (χ2v) is 7.14. The maximum atomic E-state index is 13.1. The van der Waals surface area contributed by atoms with Crippen LogP contribution in [0.2, 0.25) is 0 Å². The van der Waals surface area contributed by atoms with E-state index in [0.29, 0.717) is 19.5 Å². The van der Waals surface area contributed by atoms with Gasteiger partial charge in [-0.25, -0.2) is 0 Å². The second-order valence-electron chi connectivity index (χ2n) is 7.14. The number of nitrogens with zero attached hydrogens (tertiary/aromatic N) is 1. The Hall–Kier alpha value is -2.62. The Morgan fingerprint density at radius 2 is 1.70 bits per heavy atom. The van der Waals surface area contributed by atoms with Crippen molar-refractivity contribution in [2.24, 2.45) is 0 Å². The van der Waals surface area contributed by atoms with E-state index >= 15 is 0 Å². The van der Waals surface area contributed by atoms with E-state index in [1.807, 2.05) is 69.3 Å². The highest BCUT2D eigenvalue weighted by Gasteiger charge is 2.26. The molecule has 2 aromatic rings. The van der Waals surface area contributed by atoms with E-state index in [1.54, 1.807) is 11.8 Å². The van der Waals surface area contributed by atoms with Gasteiger partial charge < -0.3 is 10.2 Å². The third-order valence-electron chi connectivity index (χ3n) is 4.63. The zero-order valence-electron chi connectivity index (χ0n) is 16.8. The summed E-state index contributed by atoms with van der Waals surface area (Å²) in [6.45, 7) is 8.90. The standard InChI is InChI=1S/C23H30N2O2/c1-5-13-24-23(27)19(4)25(16-20-11-9-17(2)10-12-20)22(26)15-21-8-6-7-18(3)14-21/h6-12,14,19H,5,13,15-16H2,1-4H3,(H,24,27)/t19-/m0/s1. The van der Waals surface area contributed by atoms with Gasteiger partial charge in [0.2, 0.25) is 11.8 Å². The lowest BCUT2D eigenvalue weighted by Gasteiger charge is -2.29. The van der Waals surface area contributed by atoms with Crippen LogP contribution in [0.4, 0.5) is 0 Å². The number of hydrogen-bond acceptors (Lipinski definition) is 2. The Balaban J connectivity index is 2.20. The Morgan fingerprint density at radius 3 is 2.33 bits per heavy atom. The second kappa shape index (κ2) is 9.91. The highest BCUT2D eigenvalue weighted by Crippen LogP contribution is 2.14. The van der Waals surface area contributed by atoms with Gasteiger partial charge in [0.05, 0.1) is 6.42 Å². The van der Waals surface area contributed by atoms with Gasteiger partial charge in [-0.15, -0.1) is 0 Å². The normalized spacial score (nSPS) is 11.7. The highest BCUT2D eigenvalue weighted by atomic mass is 16.2. The molecule has 0 aromatic heterocycles. The molecule has 0 saturated carbocycles. The van der Waals surface area contributed by atoms with E-state index in [2.05, 4.69) is 5.32 Å². The van der Waals surface area contributed by atoms with Crippen molar-refractivity contribution < 1.29 is 9.59 Å². The van der Waals surface area contributed by atoms with E-state index in [0.717, 1.165) is 23.1 Å². The summed E-state index contributed by atoms with van der Waals surface area (Å²) in [6, 6.07) is 15.5. The van der Waals surface area contributed by atoms with Crippen LogP contribution in [0.25, 0.3) is 0 Å². The van der Waals surface area contributed by atoms with Gasteiger partial charge in [0, 0.05) is 13.1 Å². The molecule has 0 unspecified atom stereocenters. The van der Waals surface area contributed by atoms with Crippen molar-refractivity contribution in [2.45, 2.75) is 53.1 Å². The van der Waals surface area contributed by atoms with E-state index < -0.39 is 6.04 Å². The number of rotatable bonds is 8. The molecular formula is C23H30N2O2. The van der Waals surface area contributed by atoms with Gasteiger partial charge in [0.15, 0.2) is 0 Å². The molecule has 2 rings (SSSR count). The summed E-state index contributed by atoms with van der Waals surface area (Å²) in [5, 5.41) is 2.90. The number of nitrogens with one attached hydrogen (secondary N) is 1. The third-order valence-corrected chi connectivity index (χ3v) is 4.63. The van der Waals surface area contributed by atoms with E-state index in [1.165, 1.54) is 5.56 Å². The molecule has 4 heteroatoms. The summed E-state index contributed by atoms with van der Waals surface area (Å²) in [5.41, 5.74) is 4.28. The topological polar surface area (TPSA) is 49.4 Å². The number of carbonyl (C=O) groups is 2. The fourth-order valence-electron chi connectivity index (χ4n) is 2.97. The first kappa shape index (κ1) is 20.7. The van der Waals surface area contributed by atoms with Gasteiger partial charge in [-0.05, 0) is 38.3 Å². The summed E-state index contributed by atoms with van der Waals surface area (Å²) in [6.07, 6.45) is 1.16. The lowest BCUT2D eigenvalue weighted by molar-refractivity contribution is -0.140. The first-order valence-corrected chi connectivity index (χ1v) is 9.59. The number of hydrogen-bond donors (Lipinski definition) is 1. The third kappa shape index (κ3) is 6.24. The quantitative estimate of drug-likeness (QED) is 0.773. The first-order chi connectivity index (χ1) is 12.9. The lowest BCUT2D eigenvalue weighted by atomic mass is 10.1. The molecule has 2 aromatic carbocycles. The molecule has 0 spiro atoms.